The van der Waals surface area contributed by atoms with Gasteiger partial charge in [0.05, 0.1) is 23.3 Å². The van der Waals surface area contributed by atoms with Crippen molar-refractivity contribution in [3.05, 3.63) is 83.8 Å². The van der Waals surface area contributed by atoms with E-state index in [1.807, 2.05) is 24.3 Å². The third-order valence-electron chi connectivity index (χ3n) is 3.53. The topological polar surface area (TPSA) is 78.5 Å². The van der Waals surface area contributed by atoms with E-state index in [2.05, 4.69) is 20.2 Å². The zero-order chi connectivity index (χ0) is 16.4. The Balaban J connectivity index is 1.87. The fourth-order valence-corrected chi connectivity index (χ4v) is 2.40. The molecule has 24 heavy (non-hydrogen) atoms. The first-order valence-electron chi connectivity index (χ1n) is 7.28. The van der Waals surface area contributed by atoms with Crippen molar-refractivity contribution in [1.82, 2.24) is 29.5 Å². The molecule has 0 unspecified atom stereocenters. The molecule has 0 N–H and O–H groups in total. The van der Waals surface area contributed by atoms with E-state index in [4.69, 9.17) is 0 Å². The van der Waals surface area contributed by atoms with Gasteiger partial charge in [0.1, 0.15) is 0 Å². The minimum Gasteiger partial charge on any atom is -0.287 e. The van der Waals surface area contributed by atoms with E-state index in [1.54, 1.807) is 52.6 Å². The average Bonchev–Trinajstić information content (AvgIpc) is 3.13. The number of hydrogen-bond acceptors (Lipinski definition) is 5. The fourth-order valence-electron chi connectivity index (χ4n) is 2.40. The molecule has 0 atom stereocenters. The highest BCUT2D eigenvalue weighted by molar-refractivity contribution is 5.57. The van der Waals surface area contributed by atoms with Crippen molar-refractivity contribution in [3.63, 3.8) is 0 Å². The van der Waals surface area contributed by atoms with Gasteiger partial charge in [0, 0.05) is 37.1 Å². The molecule has 0 saturated heterocycles. The van der Waals surface area contributed by atoms with Crippen LogP contribution >= 0.6 is 0 Å². The summed E-state index contributed by atoms with van der Waals surface area (Å²) in [7, 11) is 0. The summed E-state index contributed by atoms with van der Waals surface area (Å²) in [5.74, 6) is 0. The van der Waals surface area contributed by atoms with E-state index in [1.165, 1.54) is 6.07 Å². The second-order valence-corrected chi connectivity index (χ2v) is 5.01. The van der Waals surface area contributed by atoms with Crippen LogP contribution in [0.2, 0.25) is 0 Å². The molecule has 0 radical (unpaired) electrons. The molecule has 0 aliphatic rings. The van der Waals surface area contributed by atoms with Gasteiger partial charge in [-0.2, -0.15) is 10.2 Å². The van der Waals surface area contributed by atoms with Gasteiger partial charge in [-0.1, -0.05) is 0 Å². The standard InChI is InChI=1S/C17H12N6O/c24-16-6-12-22(13-1-7-18-8-2-13)21-17(16)15-5-11-20-23(15)14-3-9-19-10-4-14/h1-12H. The monoisotopic (exact) mass is 316 g/mol. The fraction of sp³-hybridized carbons (Fsp3) is 0. The van der Waals surface area contributed by atoms with Crippen LogP contribution in [0.1, 0.15) is 0 Å². The quantitative estimate of drug-likeness (QED) is 0.576. The van der Waals surface area contributed by atoms with E-state index in [0.29, 0.717) is 11.4 Å². The summed E-state index contributed by atoms with van der Waals surface area (Å²) in [6.45, 7) is 0. The third-order valence-corrected chi connectivity index (χ3v) is 3.53. The summed E-state index contributed by atoms with van der Waals surface area (Å²) in [4.78, 5) is 20.3. The number of nitrogens with zero attached hydrogens (tertiary/aromatic N) is 6. The second-order valence-electron chi connectivity index (χ2n) is 5.01. The van der Waals surface area contributed by atoms with Crippen LogP contribution in [0.15, 0.2) is 78.4 Å². The molecule has 0 fully saturated rings. The molecular weight excluding hydrogens is 304 g/mol. The van der Waals surface area contributed by atoms with Crippen LogP contribution in [-0.4, -0.2) is 29.5 Å². The molecule has 4 rings (SSSR count). The SMILES string of the molecule is O=c1ccn(-c2ccncc2)nc1-c1ccnn1-c1ccncc1. The molecule has 4 heterocycles. The van der Waals surface area contributed by atoms with Gasteiger partial charge in [-0.15, -0.1) is 0 Å². The highest BCUT2D eigenvalue weighted by Gasteiger charge is 2.13. The Morgan fingerprint density at radius 3 is 2.12 bits per heavy atom. The maximum atomic E-state index is 12.3. The predicted octanol–water partition coefficient (Wildman–Crippen LogP) is 1.88. The molecule has 0 saturated carbocycles. The first-order valence-corrected chi connectivity index (χ1v) is 7.28. The minimum atomic E-state index is -0.170. The summed E-state index contributed by atoms with van der Waals surface area (Å²) < 4.78 is 3.31. The zero-order valence-corrected chi connectivity index (χ0v) is 12.5. The summed E-state index contributed by atoms with van der Waals surface area (Å²) >= 11 is 0. The highest BCUT2D eigenvalue weighted by atomic mass is 16.1. The van der Waals surface area contributed by atoms with Gasteiger partial charge in [-0.3, -0.25) is 14.8 Å². The molecular formula is C17H12N6O. The van der Waals surface area contributed by atoms with Crippen LogP contribution in [0.3, 0.4) is 0 Å². The van der Waals surface area contributed by atoms with Crippen molar-refractivity contribution < 1.29 is 0 Å². The van der Waals surface area contributed by atoms with Gasteiger partial charge in [-0.05, 0) is 30.3 Å². The molecule has 0 aliphatic carbocycles. The first kappa shape index (κ1) is 14.0. The molecule has 4 aromatic heterocycles. The Labute approximate surface area is 136 Å². The van der Waals surface area contributed by atoms with Crippen LogP contribution in [-0.2, 0) is 0 Å². The molecule has 0 aliphatic heterocycles. The Bertz CT molecular complexity index is 1020. The van der Waals surface area contributed by atoms with Crippen molar-refractivity contribution >= 4 is 0 Å². The van der Waals surface area contributed by atoms with Crippen LogP contribution in [0.25, 0.3) is 22.8 Å². The van der Waals surface area contributed by atoms with E-state index < -0.39 is 0 Å². The Kier molecular flexibility index (Phi) is 3.43. The lowest BCUT2D eigenvalue weighted by molar-refractivity contribution is 0.821. The van der Waals surface area contributed by atoms with Crippen LogP contribution < -0.4 is 5.43 Å². The van der Waals surface area contributed by atoms with Crippen LogP contribution in [0, 0.1) is 0 Å². The smallest absolute Gasteiger partial charge is 0.209 e. The number of aromatic nitrogens is 6. The molecule has 7 nitrogen and oxygen atoms in total. The minimum absolute atomic E-state index is 0.170. The molecule has 0 spiro atoms. The molecule has 0 bridgehead atoms. The largest absolute Gasteiger partial charge is 0.287 e. The normalized spacial score (nSPS) is 10.7. The van der Waals surface area contributed by atoms with Crippen LogP contribution in [0.5, 0.6) is 0 Å². The Morgan fingerprint density at radius 2 is 1.42 bits per heavy atom. The van der Waals surface area contributed by atoms with Gasteiger partial charge >= 0.3 is 0 Å². The average molecular weight is 316 g/mol. The van der Waals surface area contributed by atoms with Crippen LogP contribution in [0.4, 0.5) is 0 Å². The van der Waals surface area contributed by atoms with E-state index in [0.717, 1.165) is 11.4 Å². The van der Waals surface area contributed by atoms with E-state index in [9.17, 15) is 4.79 Å². The lowest BCUT2D eigenvalue weighted by atomic mass is 10.2. The number of pyridine rings is 2. The molecule has 0 aromatic carbocycles. The third kappa shape index (κ3) is 2.48. The summed E-state index contributed by atoms with van der Waals surface area (Å²) in [5.41, 5.74) is 2.40. The lowest BCUT2D eigenvalue weighted by Crippen LogP contribution is -2.14. The van der Waals surface area contributed by atoms with Gasteiger partial charge in [0.15, 0.2) is 5.69 Å². The maximum absolute atomic E-state index is 12.3. The summed E-state index contributed by atoms with van der Waals surface area (Å²) in [5, 5.41) is 8.77. The van der Waals surface area contributed by atoms with Gasteiger partial charge in [-0.25, -0.2) is 9.36 Å². The molecule has 0 amide bonds. The van der Waals surface area contributed by atoms with Gasteiger partial charge in [0.25, 0.3) is 0 Å². The second kappa shape index (κ2) is 5.88. The Morgan fingerprint density at radius 1 is 0.750 bits per heavy atom. The van der Waals surface area contributed by atoms with E-state index >= 15 is 0 Å². The van der Waals surface area contributed by atoms with Crippen molar-refractivity contribution in [1.29, 1.82) is 0 Å². The van der Waals surface area contributed by atoms with Crippen molar-refractivity contribution in [2.24, 2.45) is 0 Å². The number of hydrogen-bond donors (Lipinski definition) is 0. The molecule has 116 valence electrons. The lowest BCUT2D eigenvalue weighted by Gasteiger charge is -2.09. The predicted molar refractivity (Wildman–Crippen MR) is 88.0 cm³/mol. The molecule has 7 heteroatoms. The van der Waals surface area contributed by atoms with Gasteiger partial charge in [0.2, 0.25) is 5.43 Å². The van der Waals surface area contributed by atoms with Crippen molar-refractivity contribution in [2.75, 3.05) is 0 Å². The van der Waals surface area contributed by atoms with E-state index in [-0.39, 0.29) is 5.43 Å². The molecule has 4 aromatic rings. The van der Waals surface area contributed by atoms with Crippen molar-refractivity contribution in [2.45, 2.75) is 0 Å². The van der Waals surface area contributed by atoms with Crippen molar-refractivity contribution in [3.8, 4) is 22.8 Å². The van der Waals surface area contributed by atoms with Gasteiger partial charge < -0.3 is 0 Å². The Hall–Kier alpha value is -3.61. The highest BCUT2D eigenvalue weighted by Crippen LogP contribution is 2.17. The summed E-state index contributed by atoms with van der Waals surface area (Å²) in [6.07, 6.45) is 9.98. The maximum Gasteiger partial charge on any atom is 0.209 e. The zero-order valence-electron chi connectivity index (χ0n) is 12.5. The first-order chi connectivity index (χ1) is 11.8. The number of rotatable bonds is 3. The summed E-state index contributed by atoms with van der Waals surface area (Å²) in [6, 6.07) is 10.5.